The molecule has 0 unspecified atom stereocenters. The van der Waals surface area contributed by atoms with E-state index in [1.807, 2.05) is 36.5 Å². The SMILES string of the molecule is NCc1cnc2ccccc2c1Sc1ccc(Cl)c(Cl)c1. The van der Waals surface area contributed by atoms with Crippen LogP contribution in [0.4, 0.5) is 0 Å². The maximum absolute atomic E-state index is 6.09. The summed E-state index contributed by atoms with van der Waals surface area (Å²) in [6, 6.07) is 13.7. The Morgan fingerprint density at radius 2 is 1.86 bits per heavy atom. The zero-order valence-electron chi connectivity index (χ0n) is 11.0. The van der Waals surface area contributed by atoms with Crippen molar-refractivity contribution in [2.75, 3.05) is 0 Å². The second-order valence-corrected chi connectivity index (χ2v) is 6.41. The Balaban J connectivity index is 2.11. The third kappa shape index (κ3) is 3.01. The molecule has 3 aromatic rings. The monoisotopic (exact) mass is 334 g/mol. The molecule has 0 aliphatic rings. The van der Waals surface area contributed by atoms with Crippen molar-refractivity contribution in [2.45, 2.75) is 16.3 Å². The van der Waals surface area contributed by atoms with Crippen LogP contribution in [0.15, 0.2) is 58.5 Å². The molecule has 5 heteroatoms. The number of nitrogens with two attached hydrogens (primary N) is 1. The first-order valence-electron chi connectivity index (χ1n) is 6.38. The predicted octanol–water partition coefficient (Wildman–Crippen LogP) is 5.15. The minimum Gasteiger partial charge on any atom is -0.326 e. The number of benzene rings is 2. The van der Waals surface area contributed by atoms with Crippen molar-refractivity contribution in [3.05, 3.63) is 64.3 Å². The Morgan fingerprint density at radius 1 is 1.05 bits per heavy atom. The maximum atomic E-state index is 6.09. The minimum atomic E-state index is 0.446. The predicted molar refractivity (Wildman–Crippen MR) is 90.2 cm³/mol. The van der Waals surface area contributed by atoms with Crippen LogP contribution in [0, 0.1) is 0 Å². The van der Waals surface area contributed by atoms with Crippen molar-refractivity contribution < 1.29 is 0 Å². The molecule has 2 N–H and O–H groups in total. The second-order valence-electron chi connectivity index (χ2n) is 4.51. The number of fused-ring (bicyclic) bond motifs is 1. The summed E-state index contributed by atoms with van der Waals surface area (Å²) in [6.45, 7) is 0.446. The molecular weight excluding hydrogens is 323 g/mol. The summed E-state index contributed by atoms with van der Waals surface area (Å²) < 4.78 is 0. The molecule has 0 spiro atoms. The molecule has 0 saturated carbocycles. The zero-order valence-corrected chi connectivity index (χ0v) is 13.3. The molecule has 0 bridgehead atoms. The Morgan fingerprint density at radius 3 is 2.62 bits per heavy atom. The summed E-state index contributed by atoms with van der Waals surface area (Å²) in [5, 5.41) is 2.20. The lowest BCUT2D eigenvalue weighted by Crippen LogP contribution is -2.00. The second kappa shape index (κ2) is 6.24. The van der Waals surface area contributed by atoms with Gasteiger partial charge in [-0.3, -0.25) is 4.98 Å². The van der Waals surface area contributed by atoms with E-state index in [9.17, 15) is 0 Å². The highest BCUT2D eigenvalue weighted by atomic mass is 35.5. The molecule has 2 nitrogen and oxygen atoms in total. The molecule has 0 amide bonds. The van der Waals surface area contributed by atoms with Gasteiger partial charge in [-0.1, -0.05) is 53.2 Å². The Kier molecular flexibility index (Phi) is 4.36. The van der Waals surface area contributed by atoms with Gasteiger partial charge in [-0.15, -0.1) is 0 Å². The van der Waals surface area contributed by atoms with E-state index in [0.29, 0.717) is 16.6 Å². The Labute approximate surface area is 137 Å². The molecular formula is C16H12Cl2N2S. The lowest BCUT2D eigenvalue weighted by atomic mass is 10.1. The maximum Gasteiger partial charge on any atom is 0.0713 e. The van der Waals surface area contributed by atoms with Gasteiger partial charge in [-0.05, 0) is 29.8 Å². The summed E-state index contributed by atoms with van der Waals surface area (Å²) in [7, 11) is 0. The number of para-hydroxylation sites is 1. The molecule has 3 rings (SSSR count). The third-order valence-corrected chi connectivity index (χ3v) is 5.05. The average Bonchev–Trinajstić information content (AvgIpc) is 2.51. The summed E-state index contributed by atoms with van der Waals surface area (Å²) in [4.78, 5) is 6.58. The fraction of sp³-hybridized carbons (Fsp3) is 0.0625. The number of rotatable bonds is 3. The molecule has 0 aliphatic carbocycles. The lowest BCUT2D eigenvalue weighted by Gasteiger charge is -2.11. The highest BCUT2D eigenvalue weighted by Crippen LogP contribution is 2.37. The Hall–Kier alpha value is -1.26. The molecule has 1 aromatic heterocycles. The number of pyridine rings is 1. The highest BCUT2D eigenvalue weighted by Gasteiger charge is 2.10. The molecule has 0 saturated heterocycles. The number of aromatic nitrogens is 1. The van der Waals surface area contributed by atoms with Gasteiger partial charge in [0.15, 0.2) is 0 Å². The average molecular weight is 335 g/mol. The fourth-order valence-corrected chi connectivity index (χ4v) is 3.54. The molecule has 106 valence electrons. The molecule has 1 heterocycles. The Bertz CT molecular complexity index is 805. The molecule has 0 radical (unpaired) electrons. The van der Waals surface area contributed by atoms with Crippen LogP contribution in [0.3, 0.4) is 0 Å². The van der Waals surface area contributed by atoms with Crippen molar-refractivity contribution in [1.29, 1.82) is 0 Å². The largest absolute Gasteiger partial charge is 0.326 e. The number of nitrogens with zero attached hydrogens (tertiary/aromatic N) is 1. The zero-order chi connectivity index (χ0) is 14.8. The van der Waals surface area contributed by atoms with Crippen LogP contribution < -0.4 is 5.73 Å². The summed E-state index contributed by atoms with van der Waals surface area (Å²) in [5.74, 6) is 0. The van der Waals surface area contributed by atoms with Gasteiger partial charge in [0, 0.05) is 27.9 Å². The smallest absolute Gasteiger partial charge is 0.0713 e. The molecule has 0 aliphatic heterocycles. The van der Waals surface area contributed by atoms with Crippen LogP contribution in [-0.2, 0) is 6.54 Å². The van der Waals surface area contributed by atoms with Crippen molar-refractivity contribution in [3.8, 4) is 0 Å². The van der Waals surface area contributed by atoms with Gasteiger partial charge in [-0.25, -0.2) is 0 Å². The van der Waals surface area contributed by atoms with E-state index in [1.54, 1.807) is 17.8 Å². The van der Waals surface area contributed by atoms with Crippen molar-refractivity contribution in [2.24, 2.45) is 5.73 Å². The number of hydrogen-bond acceptors (Lipinski definition) is 3. The van der Waals surface area contributed by atoms with E-state index in [0.717, 1.165) is 26.3 Å². The number of halogens is 2. The quantitative estimate of drug-likeness (QED) is 0.719. The van der Waals surface area contributed by atoms with Crippen LogP contribution in [0.25, 0.3) is 10.9 Å². The topological polar surface area (TPSA) is 38.9 Å². The summed E-state index contributed by atoms with van der Waals surface area (Å²) >= 11 is 13.7. The van der Waals surface area contributed by atoms with E-state index in [-0.39, 0.29) is 0 Å². The molecule has 2 aromatic carbocycles. The van der Waals surface area contributed by atoms with Gasteiger partial charge in [0.05, 0.1) is 15.6 Å². The van der Waals surface area contributed by atoms with Crippen LogP contribution in [0.2, 0.25) is 10.0 Å². The van der Waals surface area contributed by atoms with E-state index in [4.69, 9.17) is 28.9 Å². The first-order valence-corrected chi connectivity index (χ1v) is 7.96. The van der Waals surface area contributed by atoms with E-state index in [2.05, 4.69) is 11.1 Å². The standard InChI is InChI=1S/C16H12Cl2N2S/c17-13-6-5-11(7-14(13)18)21-16-10(8-19)9-20-15-4-2-1-3-12(15)16/h1-7,9H,8,19H2. The van der Waals surface area contributed by atoms with E-state index in [1.165, 1.54) is 0 Å². The van der Waals surface area contributed by atoms with Crippen LogP contribution >= 0.6 is 35.0 Å². The van der Waals surface area contributed by atoms with Crippen LogP contribution in [0.1, 0.15) is 5.56 Å². The van der Waals surface area contributed by atoms with Crippen molar-refractivity contribution >= 4 is 45.9 Å². The molecule has 21 heavy (non-hydrogen) atoms. The fourth-order valence-electron chi connectivity index (χ4n) is 2.08. The summed E-state index contributed by atoms with van der Waals surface area (Å²) in [6.07, 6.45) is 1.84. The van der Waals surface area contributed by atoms with Crippen LogP contribution in [-0.4, -0.2) is 4.98 Å². The van der Waals surface area contributed by atoms with Gasteiger partial charge in [0.1, 0.15) is 0 Å². The number of hydrogen-bond donors (Lipinski definition) is 1. The van der Waals surface area contributed by atoms with E-state index < -0.39 is 0 Å². The lowest BCUT2D eigenvalue weighted by molar-refractivity contribution is 1.02. The first-order chi connectivity index (χ1) is 10.2. The van der Waals surface area contributed by atoms with Crippen molar-refractivity contribution in [3.63, 3.8) is 0 Å². The van der Waals surface area contributed by atoms with Gasteiger partial charge in [-0.2, -0.15) is 0 Å². The van der Waals surface area contributed by atoms with Crippen molar-refractivity contribution in [1.82, 2.24) is 4.98 Å². The van der Waals surface area contributed by atoms with Gasteiger partial charge < -0.3 is 5.73 Å². The van der Waals surface area contributed by atoms with Gasteiger partial charge >= 0.3 is 0 Å². The highest BCUT2D eigenvalue weighted by molar-refractivity contribution is 7.99. The normalized spacial score (nSPS) is 11.0. The van der Waals surface area contributed by atoms with Gasteiger partial charge in [0.2, 0.25) is 0 Å². The summed E-state index contributed by atoms with van der Waals surface area (Å²) in [5.41, 5.74) is 7.82. The van der Waals surface area contributed by atoms with Crippen LogP contribution in [0.5, 0.6) is 0 Å². The third-order valence-electron chi connectivity index (χ3n) is 3.13. The van der Waals surface area contributed by atoms with Gasteiger partial charge in [0.25, 0.3) is 0 Å². The minimum absolute atomic E-state index is 0.446. The molecule has 0 atom stereocenters. The first kappa shape index (κ1) is 14.7. The van der Waals surface area contributed by atoms with E-state index >= 15 is 0 Å². The molecule has 0 fully saturated rings.